The van der Waals surface area contributed by atoms with Gasteiger partial charge in [0.15, 0.2) is 0 Å². The molecule has 10 aromatic carbocycles. The van der Waals surface area contributed by atoms with Crippen molar-refractivity contribution in [3.63, 3.8) is 0 Å². The van der Waals surface area contributed by atoms with Gasteiger partial charge in [-0.3, -0.25) is 0 Å². The van der Waals surface area contributed by atoms with E-state index in [0.29, 0.717) is 0 Å². The van der Waals surface area contributed by atoms with Crippen LogP contribution in [-0.2, 0) is 0 Å². The van der Waals surface area contributed by atoms with Gasteiger partial charge in [0.05, 0.1) is 0 Å². The molecule has 0 unspecified atom stereocenters. The minimum Gasteiger partial charge on any atom is -0.0616 e. The maximum Gasteiger partial charge on any atom is -0.00262 e. The molecule has 0 nitrogen and oxygen atoms in total. The van der Waals surface area contributed by atoms with Crippen molar-refractivity contribution in [3.05, 3.63) is 206 Å². The van der Waals surface area contributed by atoms with Crippen molar-refractivity contribution in [3.8, 4) is 55.6 Å². The van der Waals surface area contributed by atoms with Crippen LogP contribution in [0.3, 0.4) is 0 Å². The molecular formula is C52H34. The van der Waals surface area contributed by atoms with Crippen LogP contribution in [0.1, 0.15) is 0 Å². The molecule has 242 valence electrons. The van der Waals surface area contributed by atoms with E-state index >= 15 is 0 Å². The molecule has 0 radical (unpaired) electrons. The highest BCUT2D eigenvalue weighted by atomic mass is 14.2. The first kappa shape index (κ1) is 30.1. The van der Waals surface area contributed by atoms with Crippen molar-refractivity contribution in [2.75, 3.05) is 0 Å². The topological polar surface area (TPSA) is 0 Å². The summed E-state index contributed by atoms with van der Waals surface area (Å²) in [6.07, 6.45) is 0. The van der Waals surface area contributed by atoms with Crippen LogP contribution in [0.25, 0.3) is 98.7 Å². The van der Waals surface area contributed by atoms with Crippen LogP contribution in [0.5, 0.6) is 0 Å². The zero-order valence-electron chi connectivity index (χ0n) is 28.6. The average molecular weight is 659 g/mol. The first-order valence-corrected chi connectivity index (χ1v) is 18.0. The van der Waals surface area contributed by atoms with Crippen molar-refractivity contribution < 1.29 is 0 Å². The lowest BCUT2D eigenvalue weighted by molar-refractivity contribution is 1.58. The Morgan fingerprint density at radius 3 is 1.17 bits per heavy atom. The van der Waals surface area contributed by atoms with Gasteiger partial charge < -0.3 is 0 Å². The van der Waals surface area contributed by atoms with E-state index in [-0.39, 0.29) is 0 Å². The highest BCUT2D eigenvalue weighted by Crippen LogP contribution is 2.45. The van der Waals surface area contributed by atoms with Gasteiger partial charge in [-0.25, -0.2) is 0 Å². The maximum atomic E-state index is 2.37. The monoisotopic (exact) mass is 658 g/mol. The predicted octanol–water partition coefficient (Wildman–Crippen LogP) is 14.6. The van der Waals surface area contributed by atoms with Crippen LogP contribution >= 0.6 is 0 Å². The molecule has 0 aromatic heterocycles. The summed E-state index contributed by atoms with van der Waals surface area (Å²) in [5.41, 5.74) is 12.3. The van der Waals surface area contributed by atoms with Gasteiger partial charge in [-0.15, -0.1) is 0 Å². The minimum atomic E-state index is 1.20. The molecule has 0 aliphatic carbocycles. The molecule has 10 rings (SSSR count). The smallest absolute Gasteiger partial charge is 0.00262 e. The first-order chi connectivity index (χ1) is 25.8. The number of fused-ring (bicyclic) bond motifs is 4. The molecule has 0 saturated carbocycles. The third-order valence-electron chi connectivity index (χ3n) is 10.6. The van der Waals surface area contributed by atoms with Gasteiger partial charge in [-0.1, -0.05) is 182 Å². The Kier molecular flexibility index (Phi) is 7.25. The molecule has 0 N–H and O–H groups in total. The fraction of sp³-hybridized carbons (Fsp3) is 0. The van der Waals surface area contributed by atoms with E-state index in [9.17, 15) is 0 Å². The lowest BCUT2D eigenvalue weighted by Crippen LogP contribution is -1.91. The number of hydrogen-bond acceptors (Lipinski definition) is 0. The van der Waals surface area contributed by atoms with Crippen LogP contribution in [-0.4, -0.2) is 0 Å². The molecule has 0 amide bonds. The Balaban J connectivity index is 1.09. The summed E-state index contributed by atoms with van der Waals surface area (Å²) < 4.78 is 0. The quantitative estimate of drug-likeness (QED) is 0.161. The number of benzene rings is 10. The van der Waals surface area contributed by atoms with Crippen molar-refractivity contribution in [1.82, 2.24) is 0 Å². The third-order valence-corrected chi connectivity index (χ3v) is 10.6. The molecule has 0 saturated heterocycles. The molecular weight excluding hydrogens is 625 g/mol. The third kappa shape index (κ3) is 5.16. The van der Waals surface area contributed by atoms with E-state index in [2.05, 4.69) is 206 Å². The van der Waals surface area contributed by atoms with Crippen LogP contribution in [0.2, 0.25) is 0 Å². The molecule has 0 aliphatic rings. The minimum absolute atomic E-state index is 1.20. The second-order valence-electron chi connectivity index (χ2n) is 13.7. The molecule has 52 heavy (non-hydrogen) atoms. The van der Waals surface area contributed by atoms with Crippen molar-refractivity contribution in [1.29, 1.82) is 0 Å². The zero-order valence-corrected chi connectivity index (χ0v) is 28.6. The van der Waals surface area contributed by atoms with Crippen molar-refractivity contribution >= 4 is 43.1 Å². The first-order valence-electron chi connectivity index (χ1n) is 18.0. The summed E-state index contributed by atoms with van der Waals surface area (Å²) in [5, 5.41) is 10.1. The standard InChI is InChI=1S/C52H34/c1-2-15-37-33-44(30-29-35(37)13-1)52-49-26-7-5-24-47(49)51(48-25-6-8-27-50(48)52)43-22-11-20-41(34-43)39-18-9-17-38(31-39)40-19-10-21-42(32-40)46-28-12-16-36-14-3-4-23-45(36)46/h1-34H. The molecule has 0 heteroatoms. The summed E-state index contributed by atoms with van der Waals surface area (Å²) in [6.45, 7) is 0. The second kappa shape index (κ2) is 12.5. The van der Waals surface area contributed by atoms with E-state index in [4.69, 9.17) is 0 Å². The predicted molar refractivity (Wildman–Crippen MR) is 224 cm³/mol. The van der Waals surface area contributed by atoms with Crippen LogP contribution < -0.4 is 0 Å². The van der Waals surface area contributed by atoms with Gasteiger partial charge in [0.1, 0.15) is 0 Å². The van der Waals surface area contributed by atoms with Gasteiger partial charge >= 0.3 is 0 Å². The van der Waals surface area contributed by atoms with Crippen molar-refractivity contribution in [2.24, 2.45) is 0 Å². The van der Waals surface area contributed by atoms with Gasteiger partial charge in [0.25, 0.3) is 0 Å². The molecule has 0 atom stereocenters. The highest BCUT2D eigenvalue weighted by molar-refractivity contribution is 6.21. The Bertz CT molecular complexity index is 2900. The number of rotatable bonds is 5. The van der Waals surface area contributed by atoms with E-state index in [0.717, 1.165) is 0 Å². The fourth-order valence-corrected chi connectivity index (χ4v) is 8.17. The summed E-state index contributed by atoms with van der Waals surface area (Å²) in [5.74, 6) is 0. The van der Waals surface area contributed by atoms with Crippen LogP contribution in [0, 0.1) is 0 Å². The molecule has 0 aliphatic heterocycles. The summed E-state index contributed by atoms with van der Waals surface area (Å²) in [6, 6.07) is 75.5. The van der Waals surface area contributed by atoms with Gasteiger partial charge in [-0.05, 0) is 123 Å². The molecule has 0 spiro atoms. The number of hydrogen-bond donors (Lipinski definition) is 0. The Hall–Kier alpha value is -6.76. The zero-order chi connectivity index (χ0) is 34.4. The molecule has 0 fully saturated rings. The highest BCUT2D eigenvalue weighted by Gasteiger charge is 2.17. The molecule has 0 heterocycles. The Morgan fingerprint density at radius 2 is 0.577 bits per heavy atom. The maximum absolute atomic E-state index is 2.37. The van der Waals surface area contributed by atoms with Crippen LogP contribution in [0.15, 0.2) is 206 Å². The average Bonchev–Trinajstić information content (AvgIpc) is 3.22. The normalized spacial score (nSPS) is 11.5. The largest absolute Gasteiger partial charge is 0.0616 e. The second-order valence-corrected chi connectivity index (χ2v) is 13.7. The van der Waals surface area contributed by atoms with E-state index in [1.807, 2.05) is 0 Å². The van der Waals surface area contributed by atoms with E-state index in [1.54, 1.807) is 0 Å². The summed E-state index contributed by atoms with van der Waals surface area (Å²) >= 11 is 0. The molecule has 0 bridgehead atoms. The van der Waals surface area contributed by atoms with Crippen LogP contribution in [0.4, 0.5) is 0 Å². The Labute approximate surface area is 303 Å². The SMILES string of the molecule is c1cc(-c2cccc(-c3cccc4ccccc34)c2)cc(-c2cccc(-c3c4ccccc4c(-c4ccc5ccccc5c4)c4ccccc34)c2)c1. The lowest BCUT2D eigenvalue weighted by Gasteiger charge is -2.18. The van der Waals surface area contributed by atoms with Gasteiger partial charge in [0, 0.05) is 0 Å². The summed E-state index contributed by atoms with van der Waals surface area (Å²) in [4.78, 5) is 0. The molecule has 10 aromatic rings. The van der Waals surface area contributed by atoms with Crippen molar-refractivity contribution in [2.45, 2.75) is 0 Å². The Morgan fingerprint density at radius 1 is 0.192 bits per heavy atom. The fourth-order valence-electron chi connectivity index (χ4n) is 8.17. The van der Waals surface area contributed by atoms with E-state index < -0.39 is 0 Å². The van der Waals surface area contributed by atoms with Gasteiger partial charge in [0.2, 0.25) is 0 Å². The van der Waals surface area contributed by atoms with E-state index in [1.165, 1.54) is 98.7 Å². The summed E-state index contributed by atoms with van der Waals surface area (Å²) in [7, 11) is 0. The van der Waals surface area contributed by atoms with Gasteiger partial charge in [-0.2, -0.15) is 0 Å². The lowest BCUT2D eigenvalue weighted by atomic mass is 9.85.